The van der Waals surface area contributed by atoms with Gasteiger partial charge in [-0.15, -0.1) is 10.2 Å². The van der Waals surface area contributed by atoms with E-state index in [4.69, 9.17) is 4.42 Å². The van der Waals surface area contributed by atoms with Gasteiger partial charge in [-0.25, -0.2) is 0 Å². The maximum atomic E-state index is 11.9. The van der Waals surface area contributed by atoms with Crippen LogP contribution in [-0.4, -0.2) is 16.1 Å². The van der Waals surface area contributed by atoms with E-state index in [0.717, 1.165) is 16.1 Å². The van der Waals surface area contributed by atoms with Crippen LogP contribution >= 0.6 is 22.7 Å². The van der Waals surface area contributed by atoms with Gasteiger partial charge in [0.15, 0.2) is 5.76 Å². The lowest BCUT2D eigenvalue weighted by molar-refractivity contribution is 0.0996. The molecule has 0 fully saturated rings. The van der Waals surface area contributed by atoms with Crippen molar-refractivity contribution < 1.29 is 9.21 Å². The summed E-state index contributed by atoms with van der Waals surface area (Å²) in [6.07, 6.45) is 1.49. The van der Waals surface area contributed by atoms with Crippen LogP contribution in [0.5, 0.6) is 0 Å². The quantitative estimate of drug-likeness (QED) is 0.803. The summed E-state index contributed by atoms with van der Waals surface area (Å²) in [5.41, 5.74) is 1.80. The molecule has 0 aliphatic heterocycles. The second-order valence-corrected chi connectivity index (χ2v) is 5.57. The van der Waals surface area contributed by atoms with E-state index >= 15 is 0 Å². The number of nitrogens with zero attached hydrogens (tertiary/aromatic N) is 2. The largest absolute Gasteiger partial charge is 0.459 e. The summed E-state index contributed by atoms with van der Waals surface area (Å²) in [6, 6.07) is 3.71. The number of anilines is 1. The summed E-state index contributed by atoms with van der Waals surface area (Å²) in [6.45, 7) is 1.81. The normalized spacial score (nSPS) is 10.6. The number of thiophene rings is 1. The van der Waals surface area contributed by atoms with Crippen molar-refractivity contribution >= 4 is 33.7 Å². The van der Waals surface area contributed by atoms with Crippen LogP contribution in [0.2, 0.25) is 0 Å². The number of hydrogen-bond acceptors (Lipinski definition) is 6. The maximum absolute atomic E-state index is 11.9. The molecular formula is C12H9N3O2S2. The van der Waals surface area contributed by atoms with Crippen molar-refractivity contribution in [2.45, 2.75) is 6.92 Å². The summed E-state index contributed by atoms with van der Waals surface area (Å²) in [7, 11) is 0. The number of aryl methyl sites for hydroxylation is 1. The van der Waals surface area contributed by atoms with Gasteiger partial charge in [-0.3, -0.25) is 10.1 Å². The second-order valence-electron chi connectivity index (χ2n) is 3.81. The van der Waals surface area contributed by atoms with Crippen molar-refractivity contribution in [3.63, 3.8) is 0 Å². The smallest absolute Gasteiger partial charge is 0.293 e. The molecule has 0 saturated carbocycles. The minimum Gasteiger partial charge on any atom is -0.459 e. The van der Waals surface area contributed by atoms with Crippen LogP contribution in [-0.2, 0) is 0 Å². The van der Waals surface area contributed by atoms with Gasteiger partial charge in [0, 0.05) is 16.5 Å². The minimum atomic E-state index is -0.310. The first-order valence-corrected chi connectivity index (χ1v) is 7.21. The Balaban J connectivity index is 1.78. The highest BCUT2D eigenvalue weighted by Gasteiger charge is 2.15. The number of hydrogen-bond donors (Lipinski definition) is 1. The van der Waals surface area contributed by atoms with Gasteiger partial charge in [-0.2, -0.15) is 11.3 Å². The molecular weight excluding hydrogens is 282 g/mol. The van der Waals surface area contributed by atoms with Crippen LogP contribution in [0.1, 0.15) is 16.1 Å². The number of nitrogens with one attached hydrogen (secondary N) is 1. The third kappa shape index (κ3) is 2.42. The van der Waals surface area contributed by atoms with Crippen molar-refractivity contribution in [1.82, 2.24) is 10.2 Å². The Morgan fingerprint density at radius 3 is 2.95 bits per heavy atom. The van der Waals surface area contributed by atoms with Gasteiger partial charge >= 0.3 is 0 Å². The number of aromatic nitrogens is 2. The van der Waals surface area contributed by atoms with Gasteiger partial charge in [0.2, 0.25) is 5.13 Å². The monoisotopic (exact) mass is 291 g/mol. The average Bonchev–Trinajstić information content (AvgIpc) is 3.07. The Morgan fingerprint density at radius 1 is 1.37 bits per heavy atom. The maximum Gasteiger partial charge on any atom is 0.293 e. The van der Waals surface area contributed by atoms with Crippen molar-refractivity contribution in [3.05, 3.63) is 40.5 Å². The van der Waals surface area contributed by atoms with E-state index in [2.05, 4.69) is 15.5 Å². The van der Waals surface area contributed by atoms with Crippen LogP contribution in [0.15, 0.2) is 33.6 Å². The van der Waals surface area contributed by atoms with E-state index in [0.29, 0.717) is 10.9 Å². The Labute approximate surface area is 116 Å². The highest BCUT2D eigenvalue weighted by Crippen LogP contribution is 2.28. The zero-order chi connectivity index (χ0) is 13.2. The number of furan rings is 1. The molecule has 96 valence electrons. The first kappa shape index (κ1) is 12.1. The van der Waals surface area contributed by atoms with Gasteiger partial charge in [-0.1, -0.05) is 11.3 Å². The molecule has 0 saturated heterocycles. The first-order chi connectivity index (χ1) is 9.24. The zero-order valence-electron chi connectivity index (χ0n) is 9.91. The minimum absolute atomic E-state index is 0.298. The van der Waals surface area contributed by atoms with Crippen molar-refractivity contribution in [1.29, 1.82) is 0 Å². The Kier molecular flexibility index (Phi) is 3.14. The summed E-state index contributed by atoms with van der Waals surface area (Å²) >= 11 is 2.93. The average molecular weight is 291 g/mol. The van der Waals surface area contributed by atoms with E-state index in [1.165, 1.54) is 17.6 Å². The molecule has 0 radical (unpaired) electrons. The Morgan fingerprint density at radius 2 is 2.26 bits per heavy atom. The number of rotatable bonds is 3. The lowest BCUT2D eigenvalue weighted by Gasteiger charge is -1.97. The fourth-order valence-corrected chi connectivity index (χ4v) is 2.99. The number of carbonyl (C=O) groups excluding carboxylic acids is 1. The molecule has 0 atom stereocenters. The van der Waals surface area contributed by atoms with E-state index in [9.17, 15) is 4.79 Å². The van der Waals surface area contributed by atoms with Crippen LogP contribution in [0.4, 0.5) is 5.13 Å². The molecule has 0 unspecified atom stereocenters. The van der Waals surface area contributed by atoms with Gasteiger partial charge in [0.25, 0.3) is 5.91 Å². The Hall–Kier alpha value is -1.99. The predicted molar refractivity (Wildman–Crippen MR) is 74.6 cm³/mol. The molecule has 0 aliphatic carbocycles. The van der Waals surface area contributed by atoms with Gasteiger partial charge in [0.05, 0.1) is 6.26 Å². The molecule has 3 aromatic rings. The fourth-order valence-electron chi connectivity index (χ4n) is 1.54. The standard InChI is InChI=1S/C12H9N3O2S2/c1-7-2-4-17-9(7)10(16)13-12-15-14-11(19-12)8-3-5-18-6-8/h2-6H,1H3,(H,13,15,16). The molecule has 7 heteroatoms. The Bertz CT molecular complexity index is 700. The highest BCUT2D eigenvalue weighted by molar-refractivity contribution is 7.19. The van der Waals surface area contributed by atoms with Crippen LogP contribution < -0.4 is 5.32 Å². The van der Waals surface area contributed by atoms with E-state index in [-0.39, 0.29) is 5.91 Å². The molecule has 0 bridgehead atoms. The van der Waals surface area contributed by atoms with Gasteiger partial charge in [-0.05, 0) is 24.4 Å². The molecule has 0 aromatic carbocycles. The molecule has 19 heavy (non-hydrogen) atoms. The molecule has 5 nitrogen and oxygen atoms in total. The number of amides is 1. The molecule has 0 aliphatic rings. The third-order valence-electron chi connectivity index (χ3n) is 2.48. The third-order valence-corrected chi connectivity index (χ3v) is 4.05. The first-order valence-electron chi connectivity index (χ1n) is 5.45. The summed E-state index contributed by atoms with van der Waals surface area (Å²) in [5.74, 6) is -0.0113. The summed E-state index contributed by atoms with van der Waals surface area (Å²) < 4.78 is 5.12. The van der Waals surface area contributed by atoms with Crippen molar-refractivity contribution in [2.24, 2.45) is 0 Å². The highest BCUT2D eigenvalue weighted by atomic mass is 32.1. The molecule has 3 aromatic heterocycles. The fraction of sp³-hybridized carbons (Fsp3) is 0.0833. The van der Waals surface area contributed by atoms with E-state index < -0.39 is 0 Å². The second kappa shape index (κ2) is 4.94. The van der Waals surface area contributed by atoms with Crippen molar-refractivity contribution in [2.75, 3.05) is 5.32 Å². The molecule has 1 N–H and O–H groups in total. The molecule has 0 spiro atoms. The summed E-state index contributed by atoms with van der Waals surface area (Å²) in [5, 5.41) is 15.9. The van der Waals surface area contributed by atoms with Crippen LogP contribution in [0.3, 0.4) is 0 Å². The van der Waals surface area contributed by atoms with Gasteiger partial charge < -0.3 is 4.42 Å². The lowest BCUT2D eigenvalue weighted by Crippen LogP contribution is -2.11. The van der Waals surface area contributed by atoms with Gasteiger partial charge in [0.1, 0.15) is 5.01 Å². The predicted octanol–water partition coefficient (Wildman–Crippen LogP) is 3.42. The lowest BCUT2D eigenvalue weighted by atomic mass is 10.3. The van der Waals surface area contributed by atoms with Crippen LogP contribution in [0, 0.1) is 6.92 Å². The SMILES string of the molecule is Cc1ccoc1C(=O)Nc1nnc(-c2ccsc2)s1. The molecule has 3 rings (SSSR count). The summed E-state index contributed by atoms with van der Waals surface area (Å²) in [4.78, 5) is 11.9. The van der Waals surface area contributed by atoms with Crippen LogP contribution in [0.25, 0.3) is 10.6 Å². The zero-order valence-corrected chi connectivity index (χ0v) is 11.5. The van der Waals surface area contributed by atoms with E-state index in [1.54, 1.807) is 17.4 Å². The van der Waals surface area contributed by atoms with E-state index in [1.807, 2.05) is 23.8 Å². The molecule has 1 amide bonds. The topological polar surface area (TPSA) is 68.0 Å². The van der Waals surface area contributed by atoms with Crippen molar-refractivity contribution in [3.8, 4) is 10.6 Å². The molecule has 3 heterocycles. The number of carbonyl (C=O) groups is 1.